The molecule has 0 aliphatic rings. The van der Waals surface area contributed by atoms with E-state index < -0.39 is 0 Å². The molecule has 0 amide bonds. The summed E-state index contributed by atoms with van der Waals surface area (Å²) in [5.74, 6) is 0. The molecule has 1 unspecified atom stereocenters. The SMILES string of the molecule is CCC(N)c1ccccc1SC. The van der Waals surface area contributed by atoms with E-state index >= 15 is 0 Å². The van der Waals surface area contributed by atoms with Gasteiger partial charge in [0.25, 0.3) is 0 Å². The summed E-state index contributed by atoms with van der Waals surface area (Å²) in [5.41, 5.74) is 7.23. The average Bonchev–Trinajstić information content (AvgIpc) is 2.16. The van der Waals surface area contributed by atoms with Crippen molar-refractivity contribution in [3.8, 4) is 0 Å². The molecule has 0 spiro atoms. The molecule has 0 aliphatic heterocycles. The highest BCUT2D eigenvalue weighted by Crippen LogP contribution is 2.25. The molecule has 66 valence electrons. The van der Waals surface area contributed by atoms with Crippen molar-refractivity contribution >= 4 is 11.8 Å². The Morgan fingerprint density at radius 1 is 1.42 bits per heavy atom. The molecule has 0 aromatic heterocycles. The minimum atomic E-state index is 0.189. The Hall–Kier alpha value is -0.470. The third kappa shape index (κ3) is 2.02. The quantitative estimate of drug-likeness (QED) is 0.726. The van der Waals surface area contributed by atoms with Gasteiger partial charge in [-0.25, -0.2) is 0 Å². The lowest BCUT2D eigenvalue weighted by Gasteiger charge is -2.12. The number of benzene rings is 1. The van der Waals surface area contributed by atoms with Crippen LogP contribution in [0.1, 0.15) is 24.9 Å². The lowest BCUT2D eigenvalue weighted by molar-refractivity contribution is 0.686. The van der Waals surface area contributed by atoms with Crippen LogP contribution in [0.3, 0.4) is 0 Å². The molecule has 0 saturated carbocycles. The van der Waals surface area contributed by atoms with Crippen molar-refractivity contribution in [1.29, 1.82) is 0 Å². The van der Waals surface area contributed by atoms with E-state index in [1.165, 1.54) is 10.5 Å². The summed E-state index contributed by atoms with van der Waals surface area (Å²) in [4.78, 5) is 1.30. The molecule has 2 heteroatoms. The van der Waals surface area contributed by atoms with Crippen molar-refractivity contribution in [2.24, 2.45) is 5.73 Å². The molecule has 12 heavy (non-hydrogen) atoms. The van der Waals surface area contributed by atoms with Crippen LogP contribution in [0.5, 0.6) is 0 Å². The molecule has 0 bridgehead atoms. The molecule has 0 aliphatic carbocycles. The topological polar surface area (TPSA) is 26.0 Å². The number of hydrogen-bond donors (Lipinski definition) is 1. The van der Waals surface area contributed by atoms with Crippen molar-refractivity contribution in [2.75, 3.05) is 6.26 Å². The molecule has 0 radical (unpaired) electrons. The third-order valence-electron chi connectivity index (χ3n) is 1.98. The Morgan fingerprint density at radius 3 is 2.67 bits per heavy atom. The van der Waals surface area contributed by atoms with Gasteiger partial charge in [0, 0.05) is 10.9 Å². The summed E-state index contributed by atoms with van der Waals surface area (Å²) in [5, 5.41) is 0. The zero-order valence-corrected chi connectivity index (χ0v) is 8.40. The summed E-state index contributed by atoms with van der Waals surface area (Å²) in [6.45, 7) is 2.11. The van der Waals surface area contributed by atoms with Gasteiger partial charge >= 0.3 is 0 Å². The Labute approximate surface area is 78.4 Å². The predicted molar refractivity (Wildman–Crippen MR) is 55.4 cm³/mol. The summed E-state index contributed by atoms with van der Waals surface area (Å²) < 4.78 is 0. The zero-order valence-electron chi connectivity index (χ0n) is 7.58. The molecule has 1 aromatic carbocycles. The van der Waals surface area contributed by atoms with Gasteiger partial charge in [0.05, 0.1) is 0 Å². The van der Waals surface area contributed by atoms with Crippen molar-refractivity contribution in [3.63, 3.8) is 0 Å². The fraction of sp³-hybridized carbons (Fsp3) is 0.400. The maximum atomic E-state index is 5.96. The van der Waals surface area contributed by atoms with Gasteiger partial charge in [-0.3, -0.25) is 0 Å². The van der Waals surface area contributed by atoms with E-state index in [9.17, 15) is 0 Å². The van der Waals surface area contributed by atoms with E-state index in [0.717, 1.165) is 6.42 Å². The third-order valence-corrected chi connectivity index (χ3v) is 2.79. The second-order valence-corrected chi connectivity index (χ2v) is 3.60. The Morgan fingerprint density at radius 2 is 2.08 bits per heavy atom. The van der Waals surface area contributed by atoms with Gasteiger partial charge in [0.1, 0.15) is 0 Å². The first kappa shape index (κ1) is 9.62. The summed E-state index contributed by atoms with van der Waals surface area (Å²) in [6, 6.07) is 8.52. The van der Waals surface area contributed by atoms with Crippen LogP contribution in [0.4, 0.5) is 0 Å². The van der Waals surface area contributed by atoms with Gasteiger partial charge in [0.2, 0.25) is 0 Å². The van der Waals surface area contributed by atoms with Crippen LogP contribution in [0.2, 0.25) is 0 Å². The van der Waals surface area contributed by atoms with Crippen LogP contribution in [0.25, 0.3) is 0 Å². The van der Waals surface area contributed by atoms with Gasteiger partial charge in [-0.1, -0.05) is 25.1 Å². The second-order valence-electron chi connectivity index (χ2n) is 2.76. The van der Waals surface area contributed by atoms with Gasteiger partial charge in [-0.05, 0) is 24.3 Å². The van der Waals surface area contributed by atoms with Crippen LogP contribution in [0, 0.1) is 0 Å². The summed E-state index contributed by atoms with van der Waals surface area (Å²) in [6.07, 6.45) is 3.08. The van der Waals surface area contributed by atoms with Crippen LogP contribution < -0.4 is 5.73 Å². The van der Waals surface area contributed by atoms with Crippen LogP contribution in [-0.2, 0) is 0 Å². The van der Waals surface area contributed by atoms with Gasteiger partial charge in [0.15, 0.2) is 0 Å². The normalized spacial score (nSPS) is 12.9. The average molecular weight is 181 g/mol. The molecule has 1 rings (SSSR count). The first-order chi connectivity index (χ1) is 5.79. The van der Waals surface area contributed by atoms with Crippen LogP contribution >= 0.6 is 11.8 Å². The number of rotatable bonds is 3. The molecule has 1 aromatic rings. The smallest absolute Gasteiger partial charge is 0.0303 e. The summed E-state index contributed by atoms with van der Waals surface area (Å²) in [7, 11) is 0. The molecular weight excluding hydrogens is 166 g/mol. The molecular formula is C10H15NS. The fourth-order valence-corrected chi connectivity index (χ4v) is 1.86. The van der Waals surface area contributed by atoms with Gasteiger partial charge in [-0.15, -0.1) is 11.8 Å². The van der Waals surface area contributed by atoms with E-state index in [2.05, 4.69) is 31.4 Å². The Bertz CT molecular complexity index is 247. The van der Waals surface area contributed by atoms with Crippen molar-refractivity contribution in [2.45, 2.75) is 24.3 Å². The van der Waals surface area contributed by atoms with E-state index in [-0.39, 0.29) is 6.04 Å². The standard InChI is InChI=1S/C10H15NS/c1-3-9(11)8-6-4-5-7-10(8)12-2/h4-7,9H,3,11H2,1-2H3. The van der Waals surface area contributed by atoms with Crippen molar-refractivity contribution in [1.82, 2.24) is 0 Å². The van der Waals surface area contributed by atoms with Gasteiger partial charge in [-0.2, -0.15) is 0 Å². The predicted octanol–water partition coefficient (Wildman–Crippen LogP) is 2.82. The van der Waals surface area contributed by atoms with E-state index in [4.69, 9.17) is 5.73 Å². The molecule has 0 heterocycles. The maximum Gasteiger partial charge on any atom is 0.0303 e. The molecule has 1 atom stereocenters. The number of hydrogen-bond acceptors (Lipinski definition) is 2. The second kappa shape index (κ2) is 4.53. The lowest BCUT2D eigenvalue weighted by atomic mass is 10.1. The first-order valence-electron chi connectivity index (χ1n) is 4.18. The highest BCUT2D eigenvalue weighted by molar-refractivity contribution is 7.98. The highest BCUT2D eigenvalue weighted by atomic mass is 32.2. The molecule has 2 N–H and O–H groups in total. The maximum absolute atomic E-state index is 5.96. The minimum absolute atomic E-state index is 0.189. The van der Waals surface area contributed by atoms with Crippen molar-refractivity contribution in [3.05, 3.63) is 29.8 Å². The molecule has 0 fully saturated rings. The highest BCUT2D eigenvalue weighted by Gasteiger charge is 2.06. The fourth-order valence-electron chi connectivity index (χ4n) is 1.19. The number of nitrogens with two attached hydrogens (primary N) is 1. The van der Waals surface area contributed by atoms with E-state index in [1.54, 1.807) is 11.8 Å². The van der Waals surface area contributed by atoms with E-state index in [1.807, 2.05) is 6.07 Å². The monoisotopic (exact) mass is 181 g/mol. The Balaban J connectivity index is 2.96. The van der Waals surface area contributed by atoms with Crippen molar-refractivity contribution < 1.29 is 0 Å². The molecule has 1 nitrogen and oxygen atoms in total. The minimum Gasteiger partial charge on any atom is -0.324 e. The van der Waals surface area contributed by atoms with Crippen LogP contribution in [0.15, 0.2) is 29.2 Å². The summed E-state index contributed by atoms with van der Waals surface area (Å²) >= 11 is 1.76. The molecule has 0 saturated heterocycles. The Kier molecular flexibility index (Phi) is 3.63. The zero-order chi connectivity index (χ0) is 8.97. The number of thioether (sulfide) groups is 1. The lowest BCUT2D eigenvalue weighted by Crippen LogP contribution is -2.09. The first-order valence-corrected chi connectivity index (χ1v) is 5.40. The largest absolute Gasteiger partial charge is 0.324 e. The van der Waals surface area contributed by atoms with Crippen LogP contribution in [-0.4, -0.2) is 6.26 Å². The van der Waals surface area contributed by atoms with E-state index in [0.29, 0.717) is 0 Å². The van der Waals surface area contributed by atoms with Gasteiger partial charge < -0.3 is 5.73 Å².